The second kappa shape index (κ2) is 6.07. The Morgan fingerprint density at radius 1 is 1.44 bits per heavy atom. The second-order valence-corrected chi connectivity index (χ2v) is 3.55. The quantitative estimate of drug-likeness (QED) is 0.584. The molecule has 0 saturated heterocycles. The fraction of sp³-hybridized carbons (Fsp3) is 0.455. The molecule has 1 aromatic rings. The number of hydrogen-bond donors (Lipinski definition) is 1. The maximum Gasteiger partial charge on any atom is 0.206 e. The van der Waals surface area contributed by atoms with Crippen LogP contribution in [0, 0.1) is 10.1 Å². The highest BCUT2D eigenvalue weighted by atomic mass is 16.6. The van der Waals surface area contributed by atoms with Crippen molar-refractivity contribution in [3.63, 3.8) is 0 Å². The van der Waals surface area contributed by atoms with Gasteiger partial charge in [0.1, 0.15) is 5.75 Å². The van der Waals surface area contributed by atoms with E-state index in [2.05, 4.69) is 0 Å². The number of nitrogens with zero attached hydrogens (tertiary/aromatic N) is 1. The van der Waals surface area contributed by atoms with E-state index in [9.17, 15) is 15.2 Å². The first-order valence-corrected chi connectivity index (χ1v) is 5.04. The number of aliphatic hydroxyl groups is 1. The minimum absolute atomic E-state index is 0.180. The van der Waals surface area contributed by atoms with E-state index in [1.807, 2.05) is 12.1 Å². The molecule has 0 fully saturated rings. The zero-order valence-corrected chi connectivity index (χ0v) is 9.13. The first kappa shape index (κ1) is 12.4. The Labute approximate surface area is 93.8 Å². The Balaban J connectivity index is 2.43. The average molecular weight is 225 g/mol. The average Bonchev–Trinajstić information content (AvgIpc) is 2.27. The van der Waals surface area contributed by atoms with E-state index in [0.717, 1.165) is 11.3 Å². The van der Waals surface area contributed by atoms with Gasteiger partial charge in [-0.15, -0.1) is 0 Å². The number of hydrogen-bond acceptors (Lipinski definition) is 4. The van der Waals surface area contributed by atoms with E-state index >= 15 is 0 Å². The number of benzene rings is 1. The summed E-state index contributed by atoms with van der Waals surface area (Å²) >= 11 is 0. The standard InChI is InChI=1S/C11H15NO4/c1-16-11-4-2-9(3-5-11)8-10(13)6-7-12(14)15/h2-5,10,13H,6-8H2,1H3. The van der Waals surface area contributed by atoms with Crippen molar-refractivity contribution in [3.05, 3.63) is 39.9 Å². The molecule has 0 spiro atoms. The molecule has 1 atom stereocenters. The minimum atomic E-state index is -0.668. The Bertz CT molecular complexity index is 336. The van der Waals surface area contributed by atoms with Gasteiger partial charge in [-0.1, -0.05) is 12.1 Å². The molecule has 0 bridgehead atoms. The van der Waals surface area contributed by atoms with E-state index < -0.39 is 11.0 Å². The fourth-order valence-corrected chi connectivity index (χ4v) is 1.39. The lowest BCUT2D eigenvalue weighted by Crippen LogP contribution is -2.15. The van der Waals surface area contributed by atoms with Gasteiger partial charge in [0.25, 0.3) is 0 Å². The summed E-state index contributed by atoms with van der Waals surface area (Å²) in [5.41, 5.74) is 0.941. The van der Waals surface area contributed by atoms with Crippen LogP contribution in [0.5, 0.6) is 5.75 Å². The lowest BCUT2D eigenvalue weighted by Gasteiger charge is -2.08. The zero-order valence-electron chi connectivity index (χ0n) is 9.13. The lowest BCUT2D eigenvalue weighted by molar-refractivity contribution is -0.482. The molecule has 1 aromatic carbocycles. The van der Waals surface area contributed by atoms with Crippen LogP contribution in [0.3, 0.4) is 0 Å². The molecule has 1 unspecified atom stereocenters. The van der Waals surface area contributed by atoms with Gasteiger partial charge in [-0.25, -0.2) is 0 Å². The van der Waals surface area contributed by atoms with Gasteiger partial charge in [-0.3, -0.25) is 10.1 Å². The summed E-state index contributed by atoms with van der Waals surface area (Å²) in [7, 11) is 1.58. The van der Waals surface area contributed by atoms with Crippen molar-refractivity contribution < 1.29 is 14.8 Å². The lowest BCUT2D eigenvalue weighted by atomic mass is 10.1. The number of ether oxygens (including phenoxy) is 1. The normalized spacial score (nSPS) is 12.1. The van der Waals surface area contributed by atoms with Crippen LogP contribution in [0.1, 0.15) is 12.0 Å². The van der Waals surface area contributed by atoms with E-state index in [4.69, 9.17) is 4.74 Å². The van der Waals surface area contributed by atoms with Crippen molar-refractivity contribution in [2.75, 3.05) is 13.7 Å². The second-order valence-electron chi connectivity index (χ2n) is 3.55. The highest BCUT2D eigenvalue weighted by Crippen LogP contribution is 2.13. The van der Waals surface area contributed by atoms with Crippen molar-refractivity contribution in [1.82, 2.24) is 0 Å². The van der Waals surface area contributed by atoms with Crippen molar-refractivity contribution in [3.8, 4) is 5.75 Å². The third-order valence-electron chi connectivity index (χ3n) is 2.28. The zero-order chi connectivity index (χ0) is 12.0. The number of nitro groups is 1. The Morgan fingerprint density at radius 2 is 2.06 bits per heavy atom. The molecule has 0 radical (unpaired) electrons. The molecule has 1 N–H and O–H groups in total. The van der Waals surface area contributed by atoms with Crippen molar-refractivity contribution in [1.29, 1.82) is 0 Å². The van der Waals surface area contributed by atoms with E-state index in [1.54, 1.807) is 19.2 Å². The third-order valence-corrected chi connectivity index (χ3v) is 2.28. The predicted octanol–water partition coefficient (Wildman–Crippen LogP) is 1.27. The van der Waals surface area contributed by atoms with Gasteiger partial charge in [-0.2, -0.15) is 0 Å². The first-order chi connectivity index (χ1) is 7.61. The molecule has 0 aliphatic rings. The maximum atomic E-state index is 10.1. The molecule has 0 aliphatic heterocycles. The van der Waals surface area contributed by atoms with Crippen LogP contribution in [-0.4, -0.2) is 29.8 Å². The molecule has 0 heterocycles. The van der Waals surface area contributed by atoms with Crippen molar-refractivity contribution in [2.24, 2.45) is 0 Å². The third kappa shape index (κ3) is 4.27. The SMILES string of the molecule is COc1ccc(CC(O)CC[N+](=O)[O-])cc1. The maximum absolute atomic E-state index is 10.1. The van der Waals surface area contributed by atoms with Crippen molar-refractivity contribution in [2.45, 2.75) is 18.9 Å². The predicted molar refractivity (Wildman–Crippen MR) is 59.2 cm³/mol. The largest absolute Gasteiger partial charge is 0.497 e. The van der Waals surface area contributed by atoms with Crippen LogP contribution >= 0.6 is 0 Å². The van der Waals surface area contributed by atoms with Crippen LogP contribution in [0.2, 0.25) is 0 Å². The van der Waals surface area contributed by atoms with Crippen LogP contribution in [0.25, 0.3) is 0 Å². The van der Waals surface area contributed by atoms with Crippen LogP contribution in [-0.2, 0) is 6.42 Å². The first-order valence-electron chi connectivity index (χ1n) is 5.04. The fourth-order valence-electron chi connectivity index (χ4n) is 1.39. The van der Waals surface area contributed by atoms with E-state index in [0.29, 0.717) is 6.42 Å². The molecule has 5 heteroatoms. The van der Waals surface area contributed by atoms with Gasteiger partial charge in [0, 0.05) is 11.3 Å². The molecule has 0 aliphatic carbocycles. The van der Waals surface area contributed by atoms with Gasteiger partial charge < -0.3 is 9.84 Å². The van der Waals surface area contributed by atoms with Gasteiger partial charge >= 0.3 is 0 Å². The molecule has 0 saturated carbocycles. The Hall–Kier alpha value is -1.62. The summed E-state index contributed by atoms with van der Waals surface area (Å²) in [6.45, 7) is -0.197. The number of rotatable bonds is 6. The smallest absolute Gasteiger partial charge is 0.206 e. The van der Waals surface area contributed by atoms with E-state index in [1.165, 1.54) is 0 Å². The molecular weight excluding hydrogens is 210 g/mol. The Morgan fingerprint density at radius 3 is 2.56 bits per heavy atom. The van der Waals surface area contributed by atoms with Crippen molar-refractivity contribution >= 4 is 0 Å². The summed E-state index contributed by atoms with van der Waals surface area (Å²) < 4.78 is 5.00. The summed E-state index contributed by atoms with van der Waals surface area (Å²) in [5, 5.41) is 19.7. The topological polar surface area (TPSA) is 72.6 Å². The molecule has 5 nitrogen and oxygen atoms in total. The van der Waals surface area contributed by atoms with Crippen LogP contribution < -0.4 is 4.74 Å². The molecule has 16 heavy (non-hydrogen) atoms. The van der Waals surface area contributed by atoms with Crippen LogP contribution in [0.4, 0.5) is 0 Å². The molecule has 1 rings (SSSR count). The number of aliphatic hydroxyl groups excluding tert-OH is 1. The summed E-state index contributed by atoms with van der Waals surface area (Å²) in [6.07, 6.45) is -0.0598. The van der Waals surface area contributed by atoms with Gasteiger partial charge in [-0.05, 0) is 24.1 Å². The highest BCUT2D eigenvalue weighted by molar-refractivity contribution is 5.27. The van der Waals surface area contributed by atoms with E-state index in [-0.39, 0.29) is 13.0 Å². The van der Waals surface area contributed by atoms with Gasteiger partial charge in [0.15, 0.2) is 0 Å². The minimum Gasteiger partial charge on any atom is -0.497 e. The van der Waals surface area contributed by atoms with Gasteiger partial charge in [0.05, 0.1) is 13.2 Å². The summed E-state index contributed by atoms with van der Waals surface area (Å²) in [4.78, 5) is 9.70. The monoisotopic (exact) mass is 225 g/mol. The Kier molecular flexibility index (Phi) is 4.72. The molecular formula is C11H15NO4. The number of methoxy groups -OCH3 is 1. The van der Waals surface area contributed by atoms with Crippen LogP contribution in [0.15, 0.2) is 24.3 Å². The molecule has 0 amide bonds. The molecule has 0 aromatic heterocycles. The summed E-state index contributed by atoms with van der Waals surface area (Å²) in [6, 6.07) is 7.29. The van der Waals surface area contributed by atoms with Gasteiger partial charge in [0.2, 0.25) is 6.54 Å². The molecule has 88 valence electrons. The summed E-state index contributed by atoms with van der Waals surface area (Å²) in [5.74, 6) is 0.753. The highest BCUT2D eigenvalue weighted by Gasteiger charge is 2.09.